The standard InChI is InChI=1S/C11H13N5OS/c1-7-14-5-9(18-7)6-15-11(17)8-2-3-13-10(4-8)16-12/h2-5H,6,12H2,1H3,(H,13,16)(H,15,17). The molecule has 0 unspecified atom stereocenters. The number of hydrogen-bond donors (Lipinski definition) is 3. The summed E-state index contributed by atoms with van der Waals surface area (Å²) in [6.07, 6.45) is 3.29. The molecule has 94 valence electrons. The Labute approximate surface area is 108 Å². The maximum absolute atomic E-state index is 11.9. The number of aryl methyl sites for hydroxylation is 1. The molecule has 0 spiro atoms. The average Bonchev–Trinajstić information content (AvgIpc) is 2.82. The zero-order chi connectivity index (χ0) is 13.0. The molecule has 7 heteroatoms. The van der Waals surface area contributed by atoms with Gasteiger partial charge in [-0.15, -0.1) is 11.3 Å². The third-order valence-electron chi connectivity index (χ3n) is 2.26. The van der Waals surface area contributed by atoms with Crippen LogP contribution in [0.2, 0.25) is 0 Å². The Balaban J connectivity index is 1.99. The van der Waals surface area contributed by atoms with E-state index in [4.69, 9.17) is 5.84 Å². The van der Waals surface area contributed by atoms with Crippen molar-refractivity contribution in [2.45, 2.75) is 13.5 Å². The van der Waals surface area contributed by atoms with Gasteiger partial charge in [0.15, 0.2) is 0 Å². The van der Waals surface area contributed by atoms with Gasteiger partial charge in [0.05, 0.1) is 11.6 Å². The van der Waals surface area contributed by atoms with E-state index >= 15 is 0 Å². The SMILES string of the molecule is Cc1ncc(CNC(=O)c2ccnc(NN)c2)s1. The molecule has 0 atom stereocenters. The first kappa shape index (κ1) is 12.5. The number of carbonyl (C=O) groups is 1. The number of anilines is 1. The molecule has 1 amide bonds. The van der Waals surface area contributed by atoms with Crippen molar-refractivity contribution in [2.75, 3.05) is 5.43 Å². The van der Waals surface area contributed by atoms with Crippen LogP contribution in [0.25, 0.3) is 0 Å². The molecule has 6 nitrogen and oxygen atoms in total. The zero-order valence-electron chi connectivity index (χ0n) is 9.80. The molecule has 2 heterocycles. The van der Waals surface area contributed by atoms with Crippen LogP contribution in [0.15, 0.2) is 24.5 Å². The molecule has 0 fully saturated rings. The summed E-state index contributed by atoms with van der Waals surface area (Å²) in [7, 11) is 0. The van der Waals surface area contributed by atoms with Crippen LogP contribution < -0.4 is 16.6 Å². The summed E-state index contributed by atoms with van der Waals surface area (Å²) in [5.41, 5.74) is 2.91. The molecule has 0 saturated heterocycles. The Kier molecular flexibility index (Phi) is 3.85. The Hall–Kier alpha value is -1.99. The highest BCUT2D eigenvalue weighted by molar-refractivity contribution is 7.11. The lowest BCUT2D eigenvalue weighted by molar-refractivity contribution is 0.0951. The molecule has 0 aliphatic rings. The van der Waals surface area contributed by atoms with E-state index in [1.54, 1.807) is 29.7 Å². The summed E-state index contributed by atoms with van der Waals surface area (Å²) in [6.45, 7) is 2.40. The van der Waals surface area contributed by atoms with Gasteiger partial charge in [-0.05, 0) is 19.1 Å². The molecule has 0 aliphatic carbocycles. The summed E-state index contributed by atoms with van der Waals surface area (Å²) >= 11 is 1.56. The number of rotatable bonds is 4. The second-order valence-electron chi connectivity index (χ2n) is 3.60. The minimum Gasteiger partial charge on any atom is -0.347 e. The van der Waals surface area contributed by atoms with E-state index in [9.17, 15) is 4.79 Å². The van der Waals surface area contributed by atoms with Crippen molar-refractivity contribution in [3.05, 3.63) is 40.0 Å². The van der Waals surface area contributed by atoms with Crippen molar-refractivity contribution < 1.29 is 4.79 Å². The summed E-state index contributed by atoms with van der Waals surface area (Å²) in [4.78, 5) is 21.0. The van der Waals surface area contributed by atoms with Crippen LogP contribution in [0.5, 0.6) is 0 Å². The Morgan fingerprint density at radius 3 is 3.00 bits per heavy atom. The van der Waals surface area contributed by atoms with E-state index in [1.807, 2.05) is 6.92 Å². The lowest BCUT2D eigenvalue weighted by Gasteiger charge is -2.04. The van der Waals surface area contributed by atoms with Gasteiger partial charge < -0.3 is 10.7 Å². The minimum atomic E-state index is -0.167. The van der Waals surface area contributed by atoms with Gasteiger partial charge in [-0.2, -0.15) is 0 Å². The third-order valence-corrected chi connectivity index (χ3v) is 3.18. The first-order chi connectivity index (χ1) is 8.69. The normalized spacial score (nSPS) is 10.1. The summed E-state index contributed by atoms with van der Waals surface area (Å²) < 4.78 is 0. The van der Waals surface area contributed by atoms with Gasteiger partial charge in [-0.25, -0.2) is 15.8 Å². The summed E-state index contributed by atoms with van der Waals surface area (Å²) in [6, 6.07) is 3.22. The fraction of sp³-hybridized carbons (Fsp3) is 0.182. The molecule has 2 aromatic rings. The summed E-state index contributed by atoms with van der Waals surface area (Å²) in [5.74, 6) is 5.52. The number of nitrogens with zero attached hydrogens (tertiary/aromatic N) is 2. The van der Waals surface area contributed by atoms with Crippen LogP contribution in [0.4, 0.5) is 5.82 Å². The van der Waals surface area contributed by atoms with Crippen molar-refractivity contribution in [3.63, 3.8) is 0 Å². The van der Waals surface area contributed by atoms with Crippen LogP contribution in [0.3, 0.4) is 0 Å². The lowest BCUT2D eigenvalue weighted by Crippen LogP contribution is -2.22. The van der Waals surface area contributed by atoms with E-state index < -0.39 is 0 Å². The van der Waals surface area contributed by atoms with Gasteiger partial charge in [0.25, 0.3) is 5.91 Å². The topological polar surface area (TPSA) is 92.9 Å². The molecular formula is C11H13N5OS. The highest BCUT2D eigenvalue weighted by Gasteiger charge is 2.07. The molecule has 4 N–H and O–H groups in total. The number of hydrogen-bond acceptors (Lipinski definition) is 6. The van der Waals surface area contributed by atoms with E-state index in [1.165, 1.54) is 6.20 Å². The molecule has 0 radical (unpaired) electrons. The van der Waals surface area contributed by atoms with Crippen LogP contribution in [-0.4, -0.2) is 15.9 Å². The molecule has 0 aromatic carbocycles. The number of nitrogens with one attached hydrogen (secondary N) is 2. The number of nitrogen functional groups attached to an aromatic ring is 1. The highest BCUT2D eigenvalue weighted by Crippen LogP contribution is 2.11. The van der Waals surface area contributed by atoms with E-state index in [0.29, 0.717) is 17.9 Å². The number of carbonyl (C=O) groups excluding carboxylic acids is 1. The average molecular weight is 263 g/mol. The Bertz CT molecular complexity index is 554. The van der Waals surface area contributed by atoms with Crippen LogP contribution in [-0.2, 0) is 6.54 Å². The fourth-order valence-electron chi connectivity index (χ4n) is 1.41. The number of pyridine rings is 1. The fourth-order valence-corrected chi connectivity index (χ4v) is 2.14. The van der Waals surface area contributed by atoms with E-state index in [2.05, 4.69) is 20.7 Å². The highest BCUT2D eigenvalue weighted by atomic mass is 32.1. The van der Waals surface area contributed by atoms with Crippen LogP contribution in [0, 0.1) is 6.92 Å². The Morgan fingerprint density at radius 2 is 2.33 bits per heavy atom. The van der Waals surface area contributed by atoms with Gasteiger partial charge >= 0.3 is 0 Å². The van der Waals surface area contributed by atoms with Gasteiger partial charge in [0, 0.05) is 22.8 Å². The van der Waals surface area contributed by atoms with Gasteiger partial charge in [-0.3, -0.25) is 4.79 Å². The maximum Gasteiger partial charge on any atom is 0.251 e. The molecule has 2 aromatic heterocycles. The van der Waals surface area contributed by atoms with Gasteiger partial charge in [0.2, 0.25) is 0 Å². The number of nitrogens with two attached hydrogens (primary N) is 1. The minimum absolute atomic E-state index is 0.167. The Morgan fingerprint density at radius 1 is 1.50 bits per heavy atom. The largest absolute Gasteiger partial charge is 0.347 e. The quantitative estimate of drug-likeness (QED) is 0.566. The van der Waals surface area contributed by atoms with Crippen molar-refractivity contribution in [3.8, 4) is 0 Å². The zero-order valence-corrected chi connectivity index (χ0v) is 10.6. The molecule has 18 heavy (non-hydrogen) atoms. The summed E-state index contributed by atoms with van der Waals surface area (Å²) in [5, 5.41) is 3.80. The molecular weight excluding hydrogens is 250 g/mol. The van der Waals surface area contributed by atoms with Crippen LogP contribution in [0.1, 0.15) is 20.2 Å². The number of amides is 1. The van der Waals surface area contributed by atoms with Gasteiger partial charge in [0.1, 0.15) is 5.82 Å². The second kappa shape index (κ2) is 5.56. The van der Waals surface area contributed by atoms with E-state index in [0.717, 1.165) is 9.88 Å². The first-order valence-electron chi connectivity index (χ1n) is 5.31. The smallest absolute Gasteiger partial charge is 0.251 e. The van der Waals surface area contributed by atoms with Crippen molar-refractivity contribution in [1.29, 1.82) is 0 Å². The van der Waals surface area contributed by atoms with Crippen molar-refractivity contribution in [2.24, 2.45) is 5.84 Å². The predicted molar refractivity (Wildman–Crippen MR) is 70.1 cm³/mol. The van der Waals surface area contributed by atoms with Crippen LogP contribution >= 0.6 is 11.3 Å². The molecule has 2 rings (SSSR count). The third kappa shape index (κ3) is 3.02. The number of hydrazine groups is 1. The van der Waals surface area contributed by atoms with Crippen molar-refractivity contribution >= 4 is 23.1 Å². The predicted octanol–water partition coefficient (Wildman–Crippen LogP) is 1.06. The second-order valence-corrected chi connectivity index (χ2v) is 4.92. The number of aromatic nitrogens is 2. The van der Waals surface area contributed by atoms with Crippen molar-refractivity contribution in [1.82, 2.24) is 15.3 Å². The molecule has 0 bridgehead atoms. The lowest BCUT2D eigenvalue weighted by atomic mass is 10.2. The first-order valence-corrected chi connectivity index (χ1v) is 6.13. The molecule has 0 saturated carbocycles. The molecule has 0 aliphatic heterocycles. The monoisotopic (exact) mass is 263 g/mol. The van der Waals surface area contributed by atoms with Gasteiger partial charge in [-0.1, -0.05) is 0 Å². The maximum atomic E-state index is 11.9. The number of thiazole rings is 1. The van der Waals surface area contributed by atoms with E-state index in [-0.39, 0.29) is 5.91 Å².